The van der Waals surface area contributed by atoms with Crippen LogP contribution in [0.2, 0.25) is 0 Å². The number of nitro groups is 1. The van der Waals surface area contributed by atoms with Crippen LogP contribution in [0, 0.1) is 16.0 Å². The smallest absolute Gasteiger partial charge is 0.312 e. The maximum absolute atomic E-state index is 11.2. The van der Waals surface area contributed by atoms with E-state index in [1.165, 1.54) is 6.07 Å². The normalized spacial score (nSPS) is 29.0. The number of aliphatic hydroxyl groups is 1. The van der Waals surface area contributed by atoms with Crippen LogP contribution in [0.15, 0.2) is 16.7 Å². The zero-order valence-electron chi connectivity index (χ0n) is 11.7. The van der Waals surface area contributed by atoms with Gasteiger partial charge in [-0.25, -0.2) is 4.98 Å². The van der Waals surface area contributed by atoms with Gasteiger partial charge in [-0.2, -0.15) is 0 Å². The molecular formula is C14H18BrN3O3. The summed E-state index contributed by atoms with van der Waals surface area (Å²) in [7, 11) is 0. The second kappa shape index (κ2) is 5.53. The fraction of sp³-hybridized carbons (Fsp3) is 0.643. The van der Waals surface area contributed by atoms with Crippen LogP contribution >= 0.6 is 15.9 Å². The van der Waals surface area contributed by atoms with Crippen molar-refractivity contribution in [2.45, 2.75) is 37.7 Å². The first kappa shape index (κ1) is 14.7. The van der Waals surface area contributed by atoms with Gasteiger partial charge in [-0.05, 0) is 35.2 Å². The average molecular weight is 356 g/mol. The van der Waals surface area contributed by atoms with E-state index in [1.54, 1.807) is 6.20 Å². The van der Waals surface area contributed by atoms with Crippen molar-refractivity contribution in [3.63, 3.8) is 0 Å². The Bertz CT molecular complexity index is 568. The van der Waals surface area contributed by atoms with E-state index in [1.807, 2.05) is 4.90 Å². The summed E-state index contributed by atoms with van der Waals surface area (Å²) in [6.45, 7) is 1.26. The Labute approximate surface area is 131 Å². The highest BCUT2D eigenvalue weighted by Gasteiger charge is 2.43. The molecule has 0 radical (unpaired) electrons. The second-order valence-corrected chi connectivity index (χ2v) is 6.91. The van der Waals surface area contributed by atoms with Gasteiger partial charge < -0.3 is 10.0 Å². The molecule has 21 heavy (non-hydrogen) atoms. The van der Waals surface area contributed by atoms with Gasteiger partial charge in [-0.3, -0.25) is 10.1 Å². The highest BCUT2D eigenvalue weighted by Crippen LogP contribution is 2.42. The van der Waals surface area contributed by atoms with Crippen LogP contribution in [0.25, 0.3) is 0 Å². The lowest BCUT2D eigenvalue weighted by Gasteiger charge is -2.47. The molecule has 0 spiro atoms. The molecule has 1 aliphatic carbocycles. The Kier molecular flexibility index (Phi) is 3.88. The van der Waals surface area contributed by atoms with E-state index >= 15 is 0 Å². The van der Waals surface area contributed by atoms with E-state index < -0.39 is 10.5 Å². The minimum absolute atomic E-state index is 0.0191. The molecule has 2 aliphatic rings. The Morgan fingerprint density at radius 3 is 3.05 bits per heavy atom. The molecule has 1 aromatic heterocycles. The van der Waals surface area contributed by atoms with Crippen molar-refractivity contribution in [1.29, 1.82) is 0 Å². The number of piperidine rings is 1. The van der Waals surface area contributed by atoms with Crippen molar-refractivity contribution in [3.05, 3.63) is 26.9 Å². The van der Waals surface area contributed by atoms with Gasteiger partial charge in [0.05, 0.1) is 10.5 Å². The first-order valence-corrected chi connectivity index (χ1v) is 8.06. The van der Waals surface area contributed by atoms with Crippen LogP contribution in [0.1, 0.15) is 32.1 Å². The second-order valence-electron chi connectivity index (χ2n) is 6.00. The van der Waals surface area contributed by atoms with Crippen molar-refractivity contribution < 1.29 is 10.0 Å². The molecule has 1 saturated carbocycles. The number of aromatic nitrogens is 1. The quantitative estimate of drug-likeness (QED) is 0.651. The average Bonchev–Trinajstić information content (AvgIpc) is 2.46. The molecule has 0 bridgehead atoms. The van der Waals surface area contributed by atoms with E-state index in [0.717, 1.165) is 25.7 Å². The molecule has 2 heterocycles. The van der Waals surface area contributed by atoms with E-state index in [4.69, 9.17) is 0 Å². The summed E-state index contributed by atoms with van der Waals surface area (Å²) in [5.41, 5.74) is -0.565. The number of fused-ring (bicyclic) bond motifs is 1. The highest BCUT2D eigenvalue weighted by molar-refractivity contribution is 9.10. The van der Waals surface area contributed by atoms with Gasteiger partial charge in [0.1, 0.15) is 0 Å². The summed E-state index contributed by atoms with van der Waals surface area (Å²) < 4.78 is 0.601. The fourth-order valence-electron chi connectivity index (χ4n) is 3.56. The van der Waals surface area contributed by atoms with Crippen LogP contribution in [0.3, 0.4) is 0 Å². The SMILES string of the molecule is O=[N+]([O-])c1cc(Br)cnc1N1CCC2(O)CCCCC2C1. The van der Waals surface area contributed by atoms with Crippen LogP contribution in [-0.4, -0.2) is 33.7 Å². The molecule has 7 heteroatoms. The number of halogens is 1. The third-order valence-electron chi connectivity index (χ3n) is 4.74. The summed E-state index contributed by atoms with van der Waals surface area (Å²) in [5, 5.41) is 21.9. The maximum Gasteiger partial charge on any atom is 0.312 e. The lowest BCUT2D eigenvalue weighted by molar-refractivity contribution is -0.384. The number of pyridine rings is 1. The van der Waals surface area contributed by atoms with Crippen molar-refractivity contribution in [2.24, 2.45) is 5.92 Å². The highest BCUT2D eigenvalue weighted by atomic mass is 79.9. The van der Waals surface area contributed by atoms with Crippen LogP contribution in [0.4, 0.5) is 11.5 Å². The molecule has 0 aromatic carbocycles. The zero-order valence-corrected chi connectivity index (χ0v) is 13.3. The molecule has 2 atom stereocenters. The molecule has 1 N–H and O–H groups in total. The number of nitrogens with zero attached hydrogens (tertiary/aromatic N) is 3. The molecule has 2 fully saturated rings. The molecule has 6 nitrogen and oxygen atoms in total. The molecule has 2 unspecified atom stereocenters. The van der Waals surface area contributed by atoms with Gasteiger partial charge in [0.25, 0.3) is 0 Å². The van der Waals surface area contributed by atoms with Crippen LogP contribution in [-0.2, 0) is 0 Å². The number of rotatable bonds is 2. The van der Waals surface area contributed by atoms with E-state index in [9.17, 15) is 15.2 Å². The number of hydrogen-bond acceptors (Lipinski definition) is 5. The monoisotopic (exact) mass is 355 g/mol. The number of anilines is 1. The molecule has 0 amide bonds. The third-order valence-corrected chi connectivity index (χ3v) is 5.17. The standard InChI is InChI=1S/C14H18BrN3O3/c15-11-7-12(18(20)21)13(16-8-11)17-6-5-14(19)4-2-1-3-10(14)9-17/h7-8,10,19H,1-6,9H2. The van der Waals surface area contributed by atoms with E-state index in [2.05, 4.69) is 20.9 Å². The van der Waals surface area contributed by atoms with Gasteiger partial charge in [0.2, 0.25) is 5.82 Å². The van der Waals surface area contributed by atoms with Crippen LogP contribution in [0.5, 0.6) is 0 Å². The topological polar surface area (TPSA) is 79.5 Å². The van der Waals surface area contributed by atoms with Crippen molar-refractivity contribution >= 4 is 27.4 Å². The minimum Gasteiger partial charge on any atom is -0.389 e. The van der Waals surface area contributed by atoms with Crippen molar-refractivity contribution in [2.75, 3.05) is 18.0 Å². The predicted molar refractivity (Wildman–Crippen MR) is 82.3 cm³/mol. The molecule has 1 saturated heterocycles. The first-order chi connectivity index (χ1) is 9.99. The van der Waals surface area contributed by atoms with Crippen molar-refractivity contribution in [1.82, 2.24) is 4.98 Å². The first-order valence-electron chi connectivity index (χ1n) is 7.27. The fourth-order valence-corrected chi connectivity index (χ4v) is 3.88. The molecule has 114 valence electrons. The minimum atomic E-state index is -0.584. The lowest BCUT2D eigenvalue weighted by atomic mass is 9.71. The predicted octanol–water partition coefficient (Wildman–Crippen LogP) is 2.88. The van der Waals surface area contributed by atoms with E-state index in [0.29, 0.717) is 29.8 Å². The molecule has 1 aliphatic heterocycles. The Morgan fingerprint density at radius 1 is 1.48 bits per heavy atom. The Morgan fingerprint density at radius 2 is 2.29 bits per heavy atom. The summed E-state index contributed by atoms with van der Waals surface area (Å²) >= 11 is 3.23. The summed E-state index contributed by atoms with van der Waals surface area (Å²) in [5.74, 6) is 0.598. The summed E-state index contributed by atoms with van der Waals surface area (Å²) in [4.78, 5) is 17.0. The molecule has 3 rings (SSSR count). The van der Waals surface area contributed by atoms with Gasteiger partial charge in [-0.1, -0.05) is 12.8 Å². The molecular weight excluding hydrogens is 338 g/mol. The zero-order chi connectivity index (χ0) is 15.0. The van der Waals surface area contributed by atoms with Crippen LogP contribution < -0.4 is 4.90 Å². The summed E-state index contributed by atoms with van der Waals surface area (Å²) in [6.07, 6.45) is 6.27. The largest absolute Gasteiger partial charge is 0.389 e. The lowest BCUT2D eigenvalue weighted by Crippen LogP contribution is -2.53. The van der Waals surface area contributed by atoms with E-state index in [-0.39, 0.29) is 11.6 Å². The third kappa shape index (κ3) is 2.76. The maximum atomic E-state index is 11.2. The Hall–Kier alpha value is -1.21. The Balaban J connectivity index is 1.87. The van der Waals surface area contributed by atoms with Crippen molar-refractivity contribution in [3.8, 4) is 0 Å². The van der Waals surface area contributed by atoms with Gasteiger partial charge in [0, 0.05) is 35.7 Å². The van der Waals surface area contributed by atoms with Gasteiger partial charge >= 0.3 is 5.69 Å². The molecule has 1 aromatic rings. The summed E-state index contributed by atoms with van der Waals surface area (Å²) in [6, 6.07) is 1.49. The number of hydrogen-bond donors (Lipinski definition) is 1. The van der Waals surface area contributed by atoms with Gasteiger partial charge in [0.15, 0.2) is 0 Å². The van der Waals surface area contributed by atoms with Gasteiger partial charge in [-0.15, -0.1) is 0 Å².